The molecule has 33 valence electrons. The molecule has 0 aromatic rings. The monoisotopic (exact) mass is 82.1 g/mol. The Kier molecular flexibility index (Phi) is 4.58. The van der Waals surface area contributed by atoms with Crippen LogP contribution in [0.4, 0.5) is 0 Å². The van der Waals surface area contributed by atoms with Gasteiger partial charge in [-0.1, -0.05) is 12.4 Å². The first kappa shape index (κ1) is 5.76. The number of hydrogen-bond donors (Lipinski definition) is 1. The normalized spacial score (nSPS) is 7.50. The van der Waals surface area contributed by atoms with Crippen molar-refractivity contribution in [2.45, 2.75) is 6.32 Å². The van der Waals surface area contributed by atoms with Crippen LogP contribution >= 0.6 is 0 Å². The highest BCUT2D eigenvalue weighted by molar-refractivity contribution is 6.36. The van der Waals surface area contributed by atoms with Crippen molar-refractivity contribution in [2.24, 2.45) is 5.73 Å². The first-order valence-corrected chi connectivity index (χ1v) is 2.04. The van der Waals surface area contributed by atoms with E-state index < -0.39 is 0 Å². The summed E-state index contributed by atoms with van der Waals surface area (Å²) in [4.78, 5) is 0. The first-order valence-electron chi connectivity index (χ1n) is 2.04. The zero-order valence-corrected chi connectivity index (χ0v) is 3.85. The molecular formula is C4H9BN. The topological polar surface area (TPSA) is 26.0 Å². The fourth-order valence-electron chi connectivity index (χ4n) is 0.214. The summed E-state index contributed by atoms with van der Waals surface area (Å²) in [6.45, 7) is 3.51. The summed E-state index contributed by atoms with van der Waals surface area (Å²) in [5, 5.41) is 0. The summed E-state index contributed by atoms with van der Waals surface area (Å²) < 4.78 is 0. The van der Waals surface area contributed by atoms with Gasteiger partial charge in [0, 0.05) is 0 Å². The molecule has 0 saturated heterocycles. The van der Waals surface area contributed by atoms with Crippen LogP contribution in [0.3, 0.4) is 0 Å². The van der Waals surface area contributed by atoms with Gasteiger partial charge in [0.15, 0.2) is 0 Å². The predicted molar refractivity (Wildman–Crippen MR) is 29.8 cm³/mol. The highest BCUT2D eigenvalue weighted by atomic mass is 14.5. The molecule has 0 aliphatic carbocycles. The second-order valence-electron chi connectivity index (χ2n) is 1.05. The summed E-state index contributed by atoms with van der Waals surface area (Å²) in [7, 11) is 1.97. The van der Waals surface area contributed by atoms with Crippen LogP contribution in [-0.2, 0) is 0 Å². The maximum Gasteiger partial charge on any atom is 0.132 e. The maximum atomic E-state index is 5.11. The summed E-state index contributed by atoms with van der Waals surface area (Å²) in [6.07, 6.45) is 3.41. The quantitative estimate of drug-likeness (QED) is 0.294. The predicted octanol–water partition coefficient (Wildman–Crippen LogP) is 0.211. The molecule has 0 heterocycles. The Bertz CT molecular complexity index is 36.5. The van der Waals surface area contributed by atoms with Crippen LogP contribution in [0.15, 0.2) is 12.7 Å². The maximum absolute atomic E-state index is 5.11. The van der Waals surface area contributed by atoms with Crippen molar-refractivity contribution in [3.05, 3.63) is 12.7 Å². The van der Waals surface area contributed by atoms with Gasteiger partial charge in [-0.2, -0.15) is 0 Å². The van der Waals surface area contributed by atoms with Crippen LogP contribution in [0.25, 0.3) is 0 Å². The minimum absolute atomic E-state index is 0.659. The lowest BCUT2D eigenvalue weighted by Gasteiger charge is -1.79. The fourth-order valence-corrected chi connectivity index (χ4v) is 0.214. The molecule has 0 bridgehead atoms. The Hall–Kier alpha value is -0.235. The molecule has 0 aliphatic heterocycles. The van der Waals surface area contributed by atoms with Crippen molar-refractivity contribution in [3.8, 4) is 0 Å². The van der Waals surface area contributed by atoms with Crippen molar-refractivity contribution >= 4 is 7.28 Å². The molecule has 2 heteroatoms. The molecule has 0 fully saturated rings. The number of hydrogen-bond acceptors (Lipinski definition) is 1. The van der Waals surface area contributed by atoms with Crippen LogP contribution in [0.2, 0.25) is 6.32 Å². The highest BCUT2D eigenvalue weighted by Gasteiger charge is 1.75. The van der Waals surface area contributed by atoms with E-state index in [4.69, 9.17) is 5.73 Å². The molecule has 6 heavy (non-hydrogen) atoms. The smallest absolute Gasteiger partial charge is 0.132 e. The van der Waals surface area contributed by atoms with Gasteiger partial charge in [0.05, 0.1) is 0 Å². The standard InChI is InChI=1S/C4H9BN/c1-2-3-5-4-6/h2H,1,3-4,6H2. The zero-order valence-electron chi connectivity index (χ0n) is 3.85. The molecular weight excluding hydrogens is 72.9 g/mol. The van der Waals surface area contributed by atoms with Gasteiger partial charge in [-0.05, 0) is 6.44 Å². The zero-order chi connectivity index (χ0) is 4.83. The largest absolute Gasteiger partial charge is 0.338 e. The molecule has 0 amide bonds. The number of nitrogens with two attached hydrogens (primary N) is 1. The third-order valence-corrected chi connectivity index (χ3v) is 0.500. The minimum atomic E-state index is 0.659. The minimum Gasteiger partial charge on any atom is -0.338 e. The highest BCUT2D eigenvalue weighted by Crippen LogP contribution is 1.72. The van der Waals surface area contributed by atoms with E-state index in [0.29, 0.717) is 6.44 Å². The van der Waals surface area contributed by atoms with Crippen LogP contribution in [0.1, 0.15) is 0 Å². The lowest BCUT2D eigenvalue weighted by molar-refractivity contribution is 1.35. The van der Waals surface area contributed by atoms with E-state index in [1.165, 1.54) is 0 Å². The lowest BCUT2D eigenvalue weighted by atomic mass is 9.75. The van der Waals surface area contributed by atoms with Gasteiger partial charge >= 0.3 is 0 Å². The van der Waals surface area contributed by atoms with Crippen LogP contribution in [0.5, 0.6) is 0 Å². The van der Waals surface area contributed by atoms with Crippen molar-refractivity contribution in [1.29, 1.82) is 0 Å². The van der Waals surface area contributed by atoms with Gasteiger partial charge in [0.1, 0.15) is 7.28 Å². The van der Waals surface area contributed by atoms with Crippen LogP contribution < -0.4 is 5.73 Å². The second kappa shape index (κ2) is 4.76. The Labute approximate surface area is 39.5 Å². The van der Waals surface area contributed by atoms with Crippen molar-refractivity contribution < 1.29 is 0 Å². The summed E-state index contributed by atoms with van der Waals surface area (Å²) in [5.41, 5.74) is 5.11. The molecule has 1 nitrogen and oxygen atoms in total. The van der Waals surface area contributed by atoms with E-state index in [-0.39, 0.29) is 0 Å². The molecule has 0 aromatic carbocycles. The first-order chi connectivity index (χ1) is 2.91. The summed E-state index contributed by atoms with van der Waals surface area (Å²) in [5.74, 6) is 0. The molecule has 1 radical (unpaired) electrons. The Morgan fingerprint density at radius 1 is 1.83 bits per heavy atom. The Morgan fingerprint density at radius 3 is 2.67 bits per heavy atom. The number of rotatable bonds is 3. The van der Waals surface area contributed by atoms with Gasteiger partial charge in [0.2, 0.25) is 0 Å². The summed E-state index contributed by atoms with van der Waals surface area (Å²) >= 11 is 0. The third-order valence-electron chi connectivity index (χ3n) is 0.500. The van der Waals surface area contributed by atoms with Gasteiger partial charge in [-0.15, -0.1) is 6.58 Å². The SMILES string of the molecule is C=CC[B]CN. The van der Waals surface area contributed by atoms with Crippen molar-refractivity contribution in [2.75, 3.05) is 6.44 Å². The van der Waals surface area contributed by atoms with E-state index in [1.54, 1.807) is 0 Å². The fraction of sp³-hybridized carbons (Fsp3) is 0.500. The molecule has 0 unspecified atom stereocenters. The average molecular weight is 81.9 g/mol. The molecule has 0 rings (SSSR count). The molecule has 0 aromatic heterocycles. The van der Waals surface area contributed by atoms with Crippen LogP contribution in [-0.4, -0.2) is 13.7 Å². The van der Waals surface area contributed by atoms with Crippen molar-refractivity contribution in [1.82, 2.24) is 0 Å². The van der Waals surface area contributed by atoms with Gasteiger partial charge in [-0.25, -0.2) is 0 Å². The van der Waals surface area contributed by atoms with Gasteiger partial charge in [-0.3, -0.25) is 0 Å². The third kappa shape index (κ3) is 3.76. The lowest BCUT2D eigenvalue weighted by Crippen LogP contribution is -2.06. The van der Waals surface area contributed by atoms with E-state index in [9.17, 15) is 0 Å². The number of allylic oxidation sites excluding steroid dienone is 1. The van der Waals surface area contributed by atoms with Crippen molar-refractivity contribution in [3.63, 3.8) is 0 Å². The molecule has 2 N–H and O–H groups in total. The van der Waals surface area contributed by atoms with Gasteiger partial charge < -0.3 is 5.73 Å². The molecule has 0 spiro atoms. The van der Waals surface area contributed by atoms with E-state index in [1.807, 2.05) is 13.4 Å². The molecule has 0 saturated carbocycles. The second-order valence-corrected chi connectivity index (χ2v) is 1.05. The average Bonchev–Trinajstić information content (AvgIpc) is 1.61. The summed E-state index contributed by atoms with van der Waals surface area (Å²) in [6, 6.07) is 0. The van der Waals surface area contributed by atoms with Gasteiger partial charge in [0.25, 0.3) is 0 Å². The van der Waals surface area contributed by atoms with Crippen LogP contribution in [0, 0.1) is 0 Å². The van der Waals surface area contributed by atoms with E-state index in [0.717, 1.165) is 6.32 Å². The molecule has 0 aliphatic rings. The molecule has 0 atom stereocenters. The van der Waals surface area contributed by atoms with E-state index in [2.05, 4.69) is 6.58 Å². The Morgan fingerprint density at radius 2 is 2.50 bits per heavy atom. The Balaban J connectivity index is 2.49. The van der Waals surface area contributed by atoms with E-state index >= 15 is 0 Å².